The highest BCUT2D eigenvalue weighted by Crippen LogP contribution is 2.07. The lowest BCUT2D eigenvalue weighted by Gasteiger charge is -2.03. The van der Waals surface area contributed by atoms with Crippen molar-refractivity contribution in [3.05, 3.63) is 34.7 Å². The van der Waals surface area contributed by atoms with Gasteiger partial charge >= 0.3 is 0 Å². The highest BCUT2D eigenvalue weighted by atomic mass is 32.2. The highest BCUT2D eigenvalue weighted by Gasteiger charge is 2.14. The van der Waals surface area contributed by atoms with E-state index in [1.165, 1.54) is 12.3 Å². The number of hydrogen-bond acceptors (Lipinski definition) is 4. The zero-order chi connectivity index (χ0) is 11.4. The molecule has 0 radical (unpaired) electrons. The van der Waals surface area contributed by atoms with E-state index in [0.717, 1.165) is 5.56 Å². The van der Waals surface area contributed by atoms with E-state index in [-0.39, 0.29) is 5.03 Å². The van der Waals surface area contributed by atoms with Crippen molar-refractivity contribution in [2.24, 2.45) is 0 Å². The van der Waals surface area contributed by atoms with E-state index >= 15 is 0 Å². The van der Waals surface area contributed by atoms with Crippen LogP contribution < -0.4 is 4.72 Å². The molecule has 0 atom stereocenters. The molecule has 0 aromatic carbocycles. The Labute approximate surface area is 97.6 Å². The predicted octanol–water partition coefficient (Wildman–Crippen LogP) is 0.992. The summed E-state index contributed by atoms with van der Waals surface area (Å²) in [6, 6.07) is 3.40. The van der Waals surface area contributed by atoms with Gasteiger partial charge in [0, 0.05) is 6.54 Å². The van der Waals surface area contributed by atoms with Gasteiger partial charge in [0.2, 0.25) is 0 Å². The lowest BCUT2D eigenvalue weighted by molar-refractivity contribution is 0.577. The van der Waals surface area contributed by atoms with Gasteiger partial charge in [-0.05, 0) is 34.9 Å². The average Bonchev–Trinajstić information content (AvgIpc) is 2.90. The van der Waals surface area contributed by atoms with Crippen LogP contribution in [0.2, 0.25) is 0 Å². The molecule has 2 aromatic heterocycles. The molecule has 0 spiro atoms. The summed E-state index contributed by atoms with van der Waals surface area (Å²) in [5.41, 5.74) is 1.14. The van der Waals surface area contributed by atoms with Crippen molar-refractivity contribution in [1.29, 1.82) is 0 Å². The van der Waals surface area contributed by atoms with Crippen LogP contribution in [0, 0.1) is 0 Å². The number of nitrogens with zero attached hydrogens (tertiary/aromatic N) is 1. The first-order chi connectivity index (χ1) is 7.68. The number of aromatic amines is 1. The third kappa shape index (κ3) is 2.69. The van der Waals surface area contributed by atoms with E-state index in [0.29, 0.717) is 13.0 Å². The van der Waals surface area contributed by atoms with Gasteiger partial charge in [0.15, 0.2) is 5.03 Å². The molecule has 2 heterocycles. The summed E-state index contributed by atoms with van der Waals surface area (Å²) in [7, 11) is -3.43. The number of rotatable bonds is 5. The van der Waals surface area contributed by atoms with E-state index < -0.39 is 10.0 Å². The van der Waals surface area contributed by atoms with Gasteiger partial charge in [0.25, 0.3) is 10.0 Å². The second-order valence-corrected chi connectivity index (χ2v) is 5.72. The molecule has 0 bridgehead atoms. The van der Waals surface area contributed by atoms with Crippen LogP contribution in [0.4, 0.5) is 0 Å². The fourth-order valence-corrected chi connectivity index (χ4v) is 2.88. The van der Waals surface area contributed by atoms with Gasteiger partial charge in [-0.1, -0.05) is 0 Å². The molecule has 2 rings (SSSR count). The van der Waals surface area contributed by atoms with Gasteiger partial charge in [-0.2, -0.15) is 16.4 Å². The minimum Gasteiger partial charge on any atom is -0.266 e. The van der Waals surface area contributed by atoms with Crippen LogP contribution in [0.1, 0.15) is 5.56 Å². The van der Waals surface area contributed by atoms with E-state index in [1.54, 1.807) is 11.3 Å². The normalized spacial score (nSPS) is 11.8. The summed E-state index contributed by atoms with van der Waals surface area (Å²) < 4.78 is 25.8. The topological polar surface area (TPSA) is 74.8 Å². The molecule has 0 unspecified atom stereocenters. The van der Waals surface area contributed by atoms with Crippen LogP contribution in [0.3, 0.4) is 0 Å². The Balaban J connectivity index is 1.91. The van der Waals surface area contributed by atoms with Crippen LogP contribution in [-0.4, -0.2) is 25.2 Å². The average molecular weight is 257 g/mol. The first kappa shape index (κ1) is 11.3. The lowest BCUT2D eigenvalue weighted by atomic mass is 10.2. The smallest absolute Gasteiger partial charge is 0.257 e. The van der Waals surface area contributed by atoms with Gasteiger partial charge in [-0.15, -0.1) is 0 Å². The maximum atomic E-state index is 11.6. The number of H-pyrrole nitrogens is 1. The lowest BCUT2D eigenvalue weighted by Crippen LogP contribution is -2.26. The molecule has 7 heteroatoms. The molecule has 0 amide bonds. The van der Waals surface area contributed by atoms with E-state index in [4.69, 9.17) is 0 Å². The van der Waals surface area contributed by atoms with Gasteiger partial charge in [-0.25, -0.2) is 13.1 Å². The molecular weight excluding hydrogens is 246 g/mol. The zero-order valence-corrected chi connectivity index (χ0v) is 10.0. The standard InChI is InChI=1S/C9H11N3O2S2/c13-16(14,9-2-4-10-12-9)11-5-1-8-3-6-15-7-8/h2-4,6-7,11H,1,5H2,(H,10,12). The Kier molecular flexibility index (Phi) is 3.37. The van der Waals surface area contributed by atoms with Crippen LogP contribution in [-0.2, 0) is 16.4 Å². The first-order valence-corrected chi connectivity index (χ1v) is 7.11. The minimum atomic E-state index is -3.43. The number of thiophene rings is 1. The minimum absolute atomic E-state index is 0.0952. The molecule has 0 fully saturated rings. The Morgan fingerprint density at radius 3 is 2.94 bits per heavy atom. The highest BCUT2D eigenvalue weighted by molar-refractivity contribution is 7.89. The summed E-state index contributed by atoms with van der Waals surface area (Å²) in [4.78, 5) is 0. The number of aromatic nitrogens is 2. The van der Waals surface area contributed by atoms with Crippen LogP contribution in [0.15, 0.2) is 34.1 Å². The summed E-state index contributed by atoms with van der Waals surface area (Å²) in [5.74, 6) is 0. The molecule has 0 saturated carbocycles. The summed E-state index contributed by atoms with van der Waals surface area (Å²) in [6.45, 7) is 0.387. The Hall–Kier alpha value is -1.18. The SMILES string of the molecule is O=S(=O)(NCCc1ccsc1)c1ccn[nH]1. The summed E-state index contributed by atoms with van der Waals surface area (Å²) in [6.07, 6.45) is 2.10. The second-order valence-electron chi connectivity index (χ2n) is 3.20. The molecule has 86 valence electrons. The van der Waals surface area contributed by atoms with Crippen molar-refractivity contribution in [2.45, 2.75) is 11.4 Å². The number of hydrogen-bond donors (Lipinski definition) is 2. The Morgan fingerprint density at radius 1 is 1.44 bits per heavy atom. The molecule has 0 aliphatic heterocycles. The fraction of sp³-hybridized carbons (Fsp3) is 0.222. The first-order valence-electron chi connectivity index (χ1n) is 4.68. The zero-order valence-electron chi connectivity index (χ0n) is 8.38. The van der Waals surface area contributed by atoms with Crippen molar-refractivity contribution in [1.82, 2.24) is 14.9 Å². The van der Waals surface area contributed by atoms with E-state index in [1.807, 2.05) is 16.8 Å². The van der Waals surface area contributed by atoms with Crippen LogP contribution in [0.25, 0.3) is 0 Å². The van der Waals surface area contributed by atoms with Crippen LogP contribution in [0.5, 0.6) is 0 Å². The molecule has 0 aliphatic rings. The fourth-order valence-electron chi connectivity index (χ4n) is 1.24. The van der Waals surface area contributed by atoms with Crippen molar-refractivity contribution in [3.63, 3.8) is 0 Å². The van der Waals surface area contributed by atoms with Gasteiger partial charge in [0.1, 0.15) is 0 Å². The quantitative estimate of drug-likeness (QED) is 0.839. The molecule has 2 N–H and O–H groups in total. The molecule has 0 aliphatic carbocycles. The third-order valence-electron chi connectivity index (χ3n) is 2.05. The monoisotopic (exact) mass is 257 g/mol. The van der Waals surface area contributed by atoms with Gasteiger partial charge in [0.05, 0.1) is 6.20 Å². The molecule has 2 aromatic rings. The van der Waals surface area contributed by atoms with E-state index in [9.17, 15) is 8.42 Å². The van der Waals surface area contributed by atoms with Crippen molar-refractivity contribution in [2.75, 3.05) is 6.54 Å². The van der Waals surface area contributed by atoms with Crippen molar-refractivity contribution in [3.8, 4) is 0 Å². The second kappa shape index (κ2) is 4.77. The predicted molar refractivity (Wildman–Crippen MR) is 61.8 cm³/mol. The maximum Gasteiger partial charge on any atom is 0.257 e. The van der Waals surface area contributed by atoms with Crippen molar-refractivity contribution >= 4 is 21.4 Å². The summed E-state index contributed by atoms with van der Waals surface area (Å²) in [5, 5.41) is 10.1. The molecule has 5 nitrogen and oxygen atoms in total. The largest absolute Gasteiger partial charge is 0.266 e. The Bertz CT molecular complexity index is 517. The van der Waals surface area contributed by atoms with Gasteiger partial charge < -0.3 is 0 Å². The van der Waals surface area contributed by atoms with Gasteiger partial charge in [-0.3, -0.25) is 5.10 Å². The van der Waals surface area contributed by atoms with Crippen molar-refractivity contribution < 1.29 is 8.42 Å². The summed E-state index contributed by atoms with van der Waals surface area (Å²) >= 11 is 1.60. The van der Waals surface area contributed by atoms with Crippen LogP contribution >= 0.6 is 11.3 Å². The van der Waals surface area contributed by atoms with E-state index in [2.05, 4.69) is 14.9 Å². The molecule has 16 heavy (non-hydrogen) atoms. The number of nitrogens with one attached hydrogen (secondary N) is 2. The third-order valence-corrected chi connectivity index (χ3v) is 4.17. The number of sulfonamides is 1. The Morgan fingerprint density at radius 2 is 2.31 bits per heavy atom. The molecular formula is C9H11N3O2S2. The molecule has 0 saturated heterocycles. The maximum absolute atomic E-state index is 11.6.